The number of benzene rings is 1. The number of ether oxygens (including phenoxy) is 4. The van der Waals surface area contributed by atoms with Gasteiger partial charge < -0.3 is 29.0 Å². The molecule has 0 fully saturated rings. The van der Waals surface area contributed by atoms with Crippen LogP contribution in [-0.4, -0.2) is 73.5 Å². The summed E-state index contributed by atoms with van der Waals surface area (Å²) < 4.78 is 23.8. The Kier molecular flexibility index (Phi) is 8.73. The van der Waals surface area contributed by atoms with E-state index in [-0.39, 0.29) is 30.4 Å². The highest BCUT2D eigenvalue weighted by Crippen LogP contribution is 2.30. The van der Waals surface area contributed by atoms with Gasteiger partial charge in [0.25, 0.3) is 0 Å². The van der Waals surface area contributed by atoms with Crippen molar-refractivity contribution in [3.63, 3.8) is 0 Å². The van der Waals surface area contributed by atoms with Gasteiger partial charge in [-0.15, -0.1) is 0 Å². The summed E-state index contributed by atoms with van der Waals surface area (Å²) in [6.45, 7) is 12.9. The molecule has 1 aromatic carbocycles. The monoisotopic (exact) mass is 544 g/mol. The third-order valence-electron chi connectivity index (χ3n) is 5.55. The summed E-state index contributed by atoms with van der Waals surface area (Å²) in [5, 5.41) is 9.94. The van der Waals surface area contributed by atoms with Gasteiger partial charge in [0.05, 0.1) is 29.5 Å². The maximum absolute atomic E-state index is 13.3. The van der Waals surface area contributed by atoms with Crippen molar-refractivity contribution in [1.29, 1.82) is 0 Å². The van der Waals surface area contributed by atoms with Crippen LogP contribution in [0.25, 0.3) is 16.7 Å². The van der Waals surface area contributed by atoms with Gasteiger partial charge in [-0.3, -0.25) is 0 Å². The molecule has 2 aromatic rings. The number of nitrogens with zero attached hydrogens (tertiary/aromatic N) is 2. The number of esters is 1. The van der Waals surface area contributed by atoms with Crippen LogP contribution in [0.3, 0.4) is 0 Å². The molecule has 0 saturated heterocycles. The molecule has 3 rings (SSSR count). The predicted molar refractivity (Wildman–Crippen MR) is 145 cm³/mol. The Bertz CT molecular complexity index is 1280. The number of methoxy groups -OCH3 is 1. The molecule has 1 aliphatic rings. The van der Waals surface area contributed by atoms with Crippen LogP contribution >= 0.6 is 0 Å². The molecule has 0 aliphatic carbocycles. The summed E-state index contributed by atoms with van der Waals surface area (Å²) >= 11 is 0. The van der Waals surface area contributed by atoms with Crippen molar-refractivity contribution in [1.82, 2.24) is 9.47 Å². The lowest BCUT2D eigenvalue weighted by molar-refractivity contribution is -0.135. The fourth-order valence-corrected chi connectivity index (χ4v) is 4.41. The number of carboxylic acids is 1. The van der Waals surface area contributed by atoms with Gasteiger partial charge in [-0.05, 0) is 57.2 Å². The van der Waals surface area contributed by atoms with Crippen LogP contribution < -0.4 is 0 Å². The third-order valence-corrected chi connectivity index (χ3v) is 7.25. The molecule has 0 unspecified atom stereocenters. The predicted octanol–water partition coefficient (Wildman–Crippen LogP) is 5.12. The van der Waals surface area contributed by atoms with E-state index in [1.165, 1.54) is 29.9 Å². The molecule has 206 valence electrons. The van der Waals surface area contributed by atoms with Crippen LogP contribution in [-0.2, 0) is 23.7 Å². The molecule has 0 amide bonds. The summed E-state index contributed by atoms with van der Waals surface area (Å²) in [6.07, 6.45) is 2.41. The molecular formula is C27H36N2O8Si. The van der Waals surface area contributed by atoms with Gasteiger partial charge in [0, 0.05) is 26.3 Å². The molecule has 2 heterocycles. The SMILES string of the molecule is COC(=O)C1=CN(COCC[Si](C)(C)C)COC(c2cc3cc(C(=O)O)ccc3n2C(=O)OC(C)(C)C)=C1. The minimum atomic E-state index is -1.27. The van der Waals surface area contributed by atoms with E-state index in [0.29, 0.717) is 23.2 Å². The molecule has 0 spiro atoms. The molecule has 0 atom stereocenters. The lowest BCUT2D eigenvalue weighted by atomic mass is 10.1. The number of hydrogen-bond donors (Lipinski definition) is 1. The molecule has 1 aromatic heterocycles. The zero-order valence-electron chi connectivity index (χ0n) is 23.0. The van der Waals surface area contributed by atoms with E-state index in [0.717, 1.165) is 6.04 Å². The van der Waals surface area contributed by atoms with Crippen LogP contribution in [0, 0.1) is 0 Å². The van der Waals surface area contributed by atoms with Gasteiger partial charge in [-0.2, -0.15) is 0 Å². The number of hydrogen-bond acceptors (Lipinski definition) is 8. The average molecular weight is 545 g/mol. The summed E-state index contributed by atoms with van der Waals surface area (Å²) in [5.74, 6) is -1.47. The van der Waals surface area contributed by atoms with Crippen molar-refractivity contribution < 1.29 is 38.4 Å². The molecule has 0 bridgehead atoms. The van der Waals surface area contributed by atoms with E-state index in [4.69, 9.17) is 18.9 Å². The first-order valence-electron chi connectivity index (χ1n) is 12.3. The van der Waals surface area contributed by atoms with Gasteiger partial charge in [0.1, 0.15) is 18.1 Å². The standard InChI is InChI=1S/C27H36N2O8Si/c1-27(2,3)37-26(33)29-21-9-8-18(24(30)31)12-19(21)13-22(29)23-14-20(25(32)34-4)15-28(17-36-23)16-35-10-11-38(5,6)7/h8-9,12-15H,10-11,16-17H2,1-7H3,(H,30,31). The zero-order chi connectivity index (χ0) is 28.3. The highest BCUT2D eigenvalue weighted by molar-refractivity contribution is 6.76. The van der Waals surface area contributed by atoms with E-state index in [1.807, 2.05) is 0 Å². The molecule has 10 nitrogen and oxygen atoms in total. The van der Waals surface area contributed by atoms with Crippen LogP contribution in [0.1, 0.15) is 36.8 Å². The summed E-state index contributed by atoms with van der Waals surface area (Å²) in [7, 11) is 0.0141. The van der Waals surface area contributed by atoms with Crippen molar-refractivity contribution in [2.45, 2.75) is 52.1 Å². The Morgan fingerprint density at radius 2 is 1.84 bits per heavy atom. The molecule has 11 heteroatoms. The second-order valence-corrected chi connectivity index (χ2v) is 16.8. The van der Waals surface area contributed by atoms with Crippen molar-refractivity contribution in [2.75, 3.05) is 27.2 Å². The van der Waals surface area contributed by atoms with Crippen molar-refractivity contribution in [3.05, 3.63) is 53.4 Å². The lowest BCUT2D eigenvalue weighted by Crippen LogP contribution is -2.28. The Morgan fingerprint density at radius 1 is 1.13 bits per heavy atom. The minimum absolute atomic E-state index is 0.0372. The number of carbonyl (C=O) groups is 3. The molecule has 1 N–H and O–H groups in total. The number of aromatic nitrogens is 1. The number of fused-ring (bicyclic) bond motifs is 1. The highest BCUT2D eigenvalue weighted by atomic mass is 28.3. The van der Waals surface area contributed by atoms with Gasteiger partial charge in [-0.25, -0.2) is 19.0 Å². The summed E-state index contributed by atoms with van der Waals surface area (Å²) in [4.78, 5) is 39.1. The number of carbonyl (C=O) groups excluding carboxylic acids is 2. The van der Waals surface area contributed by atoms with Crippen molar-refractivity contribution in [2.24, 2.45) is 0 Å². The third kappa shape index (κ3) is 7.48. The fraction of sp³-hybridized carbons (Fsp3) is 0.444. The van der Waals surface area contributed by atoms with E-state index < -0.39 is 31.7 Å². The molecular weight excluding hydrogens is 508 g/mol. The number of carboxylic acid groups (broad SMARTS) is 1. The Labute approximate surface area is 223 Å². The van der Waals surface area contributed by atoms with Crippen LogP contribution in [0.2, 0.25) is 25.7 Å². The second kappa shape index (κ2) is 11.4. The summed E-state index contributed by atoms with van der Waals surface area (Å²) in [6, 6.07) is 7.05. The van der Waals surface area contributed by atoms with Gasteiger partial charge in [0.2, 0.25) is 0 Å². The molecule has 0 radical (unpaired) electrons. The van der Waals surface area contributed by atoms with E-state index in [9.17, 15) is 19.5 Å². The molecule has 38 heavy (non-hydrogen) atoms. The summed E-state index contributed by atoms with van der Waals surface area (Å²) in [5.41, 5.74) is 0.210. The molecule has 0 saturated carbocycles. The number of aromatic carboxylic acids is 1. The first-order chi connectivity index (χ1) is 17.7. The van der Waals surface area contributed by atoms with Crippen molar-refractivity contribution >= 4 is 42.8 Å². The van der Waals surface area contributed by atoms with E-state index in [2.05, 4.69) is 19.6 Å². The van der Waals surface area contributed by atoms with Crippen molar-refractivity contribution in [3.8, 4) is 0 Å². The zero-order valence-corrected chi connectivity index (χ0v) is 24.0. The molecule has 1 aliphatic heterocycles. The van der Waals surface area contributed by atoms with Gasteiger partial charge >= 0.3 is 18.0 Å². The quantitative estimate of drug-likeness (QED) is 0.274. The number of rotatable bonds is 8. The largest absolute Gasteiger partial charge is 0.478 e. The second-order valence-electron chi connectivity index (χ2n) is 11.2. The Morgan fingerprint density at radius 3 is 2.45 bits per heavy atom. The average Bonchev–Trinajstić information content (AvgIpc) is 3.06. The first kappa shape index (κ1) is 29.0. The smallest absolute Gasteiger partial charge is 0.419 e. The fourth-order valence-electron chi connectivity index (χ4n) is 3.65. The normalized spacial score (nSPS) is 14.3. The van der Waals surface area contributed by atoms with Crippen LogP contribution in [0.15, 0.2) is 42.1 Å². The van der Waals surface area contributed by atoms with E-state index in [1.54, 1.807) is 44.0 Å². The van der Waals surface area contributed by atoms with E-state index >= 15 is 0 Å². The topological polar surface area (TPSA) is 117 Å². The Hall–Kier alpha value is -3.57. The van der Waals surface area contributed by atoms with Crippen LogP contribution in [0.4, 0.5) is 4.79 Å². The van der Waals surface area contributed by atoms with Gasteiger partial charge in [-0.1, -0.05) is 19.6 Å². The maximum atomic E-state index is 13.3. The van der Waals surface area contributed by atoms with Gasteiger partial charge in [0.15, 0.2) is 6.73 Å². The highest BCUT2D eigenvalue weighted by Gasteiger charge is 2.27. The lowest BCUT2D eigenvalue weighted by Gasteiger charge is -2.23. The van der Waals surface area contributed by atoms with Crippen LogP contribution in [0.5, 0.6) is 0 Å². The first-order valence-corrected chi connectivity index (χ1v) is 16.0. The maximum Gasteiger partial charge on any atom is 0.419 e. The minimum Gasteiger partial charge on any atom is -0.478 e. The Balaban J connectivity index is 2.01.